The lowest BCUT2D eigenvalue weighted by molar-refractivity contribution is 0.586. The first-order valence-corrected chi connectivity index (χ1v) is 6.15. The van der Waals surface area contributed by atoms with Gasteiger partial charge >= 0.3 is 0 Å². The zero-order valence-corrected chi connectivity index (χ0v) is 11.2. The summed E-state index contributed by atoms with van der Waals surface area (Å²) in [5, 5.41) is 0. The van der Waals surface area contributed by atoms with E-state index in [4.69, 9.17) is 0 Å². The van der Waals surface area contributed by atoms with Crippen LogP contribution in [-0.2, 0) is 6.42 Å². The number of rotatable bonds is 3. The van der Waals surface area contributed by atoms with Crippen molar-refractivity contribution >= 4 is 0 Å². The van der Waals surface area contributed by atoms with Gasteiger partial charge in [0.1, 0.15) is 0 Å². The molecule has 0 nitrogen and oxygen atoms in total. The van der Waals surface area contributed by atoms with Crippen LogP contribution in [0.1, 0.15) is 50.8 Å². The number of hydrogen-bond donors (Lipinski definition) is 0. The van der Waals surface area contributed by atoms with E-state index in [9.17, 15) is 0 Å². The normalized spacial score (nSPS) is 9.80. The second kappa shape index (κ2) is 7.50. The van der Waals surface area contributed by atoms with Gasteiger partial charge in [0, 0.05) is 0 Å². The molecule has 0 amide bonds. The summed E-state index contributed by atoms with van der Waals surface area (Å²) in [7, 11) is 0. The average Bonchev–Trinajstić information content (AvgIpc) is 2.19. The van der Waals surface area contributed by atoms with Gasteiger partial charge in [0.25, 0.3) is 0 Å². The van der Waals surface area contributed by atoms with Crippen LogP contribution in [0.4, 0.5) is 0 Å². The first kappa shape index (κ1) is 14.2. The maximum absolute atomic E-state index is 2.28. The van der Waals surface area contributed by atoms with E-state index in [1.54, 1.807) is 0 Å². The topological polar surface area (TPSA) is 0 Å². The van der Waals surface area contributed by atoms with Crippen LogP contribution < -0.4 is 0 Å². The standard InChI is InChI=1S/C13H20.C2H6/c1-10(2)5-7-13-8-6-11(3)9-12(13)4;1-2/h6,8-10H,5,7H2,1-4H3;1-2H3. The molecule has 15 heavy (non-hydrogen) atoms. The minimum atomic E-state index is 0.806. The molecule has 0 N–H and O–H groups in total. The van der Waals surface area contributed by atoms with Gasteiger partial charge in [-0.25, -0.2) is 0 Å². The third kappa shape index (κ3) is 5.61. The summed E-state index contributed by atoms with van der Waals surface area (Å²) in [5.41, 5.74) is 4.32. The van der Waals surface area contributed by atoms with Gasteiger partial charge in [0.05, 0.1) is 0 Å². The van der Waals surface area contributed by atoms with E-state index in [1.807, 2.05) is 13.8 Å². The Bertz CT molecular complexity index is 271. The molecule has 1 aromatic carbocycles. The highest BCUT2D eigenvalue weighted by atomic mass is 14.1. The summed E-state index contributed by atoms with van der Waals surface area (Å²) in [6.45, 7) is 12.9. The molecule has 0 heteroatoms. The van der Waals surface area contributed by atoms with E-state index in [1.165, 1.54) is 29.5 Å². The van der Waals surface area contributed by atoms with E-state index in [0.29, 0.717) is 0 Å². The van der Waals surface area contributed by atoms with Crippen molar-refractivity contribution in [3.63, 3.8) is 0 Å². The zero-order valence-electron chi connectivity index (χ0n) is 11.2. The van der Waals surface area contributed by atoms with Crippen LogP contribution in [-0.4, -0.2) is 0 Å². The van der Waals surface area contributed by atoms with Crippen molar-refractivity contribution in [1.29, 1.82) is 0 Å². The van der Waals surface area contributed by atoms with E-state index < -0.39 is 0 Å². The van der Waals surface area contributed by atoms with Crippen molar-refractivity contribution in [2.45, 2.75) is 54.4 Å². The Kier molecular flexibility index (Phi) is 7.11. The largest absolute Gasteiger partial charge is 0.0683 e. The molecule has 0 saturated heterocycles. The molecule has 1 rings (SSSR count). The van der Waals surface area contributed by atoms with Crippen LogP contribution in [0.3, 0.4) is 0 Å². The summed E-state index contributed by atoms with van der Waals surface area (Å²) in [6.07, 6.45) is 2.52. The van der Waals surface area contributed by atoms with Gasteiger partial charge in [-0.1, -0.05) is 51.5 Å². The molecule has 0 aliphatic rings. The van der Waals surface area contributed by atoms with Crippen LogP contribution >= 0.6 is 0 Å². The summed E-state index contributed by atoms with van der Waals surface area (Å²) in [5.74, 6) is 0.806. The Morgan fingerprint density at radius 3 is 2.13 bits per heavy atom. The van der Waals surface area contributed by atoms with Gasteiger partial charge in [0.2, 0.25) is 0 Å². The second-order valence-electron chi connectivity index (χ2n) is 4.36. The Labute approximate surface area is 95.7 Å². The molecule has 0 aromatic heterocycles. The van der Waals surface area contributed by atoms with Crippen LogP contribution in [0.5, 0.6) is 0 Å². The summed E-state index contributed by atoms with van der Waals surface area (Å²) >= 11 is 0. The van der Waals surface area contributed by atoms with Crippen molar-refractivity contribution < 1.29 is 0 Å². The molecular formula is C15H26. The van der Waals surface area contributed by atoms with Crippen LogP contribution in [0, 0.1) is 19.8 Å². The molecule has 1 aromatic rings. The van der Waals surface area contributed by atoms with Gasteiger partial charge in [-0.3, -0.25) is 0 Å². The highest BCUT2D eigenvalue weighted by Crippen LogP contribution is 2.14. The summed E-state index contributed by atoms with van der Waals surface area (Å²) in [6, 6.07) is 6.76. The lowest BCUT2D eigenvalue weighted by Gasteiger charge is -2.08. The predicted octanol–water partition coefficient (Wildman–Crippen LogP) is 4.92. The number of benzene rings is 1. The van der Waals surface area contributed by atoms with Crippen molar-refractivity contribution in [2.24, 2.45) is 5.92 Å². The van der Waals surface area contributed by atoms with Gasteiger partial charge in [-0.2, -0.15) is 0 Å². The summed E-state index contributed by atoms with van der Waals surface area (Å²) in [4.78, 5) is 0. The lowest BCUT2D eigenvalue weighted by atomic mass is 9.98. The second-order valence-corrected chi connectivity index (χ2v) is 4.36. The molecule has 0 atom stereocenters. The van der Waals surface area contributed by atoms with Crippen molar-refractivity contribution in [3.05, 3.63) is 34.9 Å². The highest BCUT2D eigenvalue weighted by molar-refractivity contribution is 5.30. The molecule has 0 fully saturated rings. The van der Waals surface area contributed by atoms with E-state index in [0.717, 1.165) is 5.92 Å². The molecule has 0 saturated carbocycles. The quantitative estimate of drug-likeness (QED) is 0.658. The fourth-order valence-electron chi connectivity index (χ4n) is 1.57. The SMILES string of the molecule is CC.Cc1ccc(CCC(C)C)c(C)c1. The molecule has 86 valence electrons. The molecule has 0 aliphatic heterocycles. The molecule has 0 spiro atoms. The molecule has 0 unspecified atom stereocenters. The first-order chi connectivity index (χ1) is 7.09. The van der Waals surface area contributed by atoms with Gasteiger partial charge in [0.15, 0.2) is 0 Å². The monoisotopic (exact) mass is 206 g/mol. The smallest absolute Gasteiger partial charge is 0.0274 e. The Balaban J connectivity index is 0.000000921. The minimum Gasteiger partial charge on any atom is -0.0683 e. The molecule has 0 radical (unpaired) electrons. The van der Waals surface area contributed by atoms with Crippen molar-refractivity contribution in [2.75, 3.05) is 0 Å². The fourth-order valence-corrected chi connectivity index (χ4v) is 1.57. The molecule has 0 aliphatic carbocycles. The van der Waals surface area contributed by atoms with Gasteiger partial charge in [-0.05, 0) is 43.7 Å². The molecular weight excluding hydrogens is 180 g/mol. The third-order valence-electron chi connectivity index (χ3n) is 2.49. The zero-order chi connectivity index (χ0) is 11.8. The Morgan fingerprint density at radius 2 is 1.67 bits per heavy atom. The maximum atomic E-state index is 2.28. The lowest BCUT2D eigenvalue weighted by Crippen LogP contribution is -1.94. The molecule has 0 heterocycles. The number of hydrogen-bond acceptors (Lipinski definition) is 0. The van der Waals surface area contributed by atoms with Gasteiger partial charge in [-0.15, -0.1) is 0 Å². The fraction of sp³-hybridized carbons (Fsp3) is 0.600. The van der Waals surface area contributed by atoms with Crippen molar-refractivity contribution in [1.82, 2.24) is 0 Å². The van der Waals surface area contributed by atoms with Crippen LogP contribution in [0.2, 0.25) is 0 Å². The van der Waals surface area contributed by atoms with E-state index in [2.05, 4.69) is 45.9 Å². The van der Waals surface area contributed by atoms with Crippen LogP contribution in [0.25, 0.3) is 0 Å². The Morgan fingerprint density at radius 1 is 1.07 bits per heavy atom. The highest BCUT2D eigenvalue weighted by Gasteiger charge is 2.00. The molecule has 0 bridgehead atoms. The average molecular weight is 206 g/mol. The Hall–Kier alpha value is -0.780. The van der Waals surface area contributed by atoms with E-state index >= 15 is 0 Å². The number of aryl methyl sites for hydroxylation is 3. The van der Waals surface area contributed by atoms with Gasteiger partial charge < -0.3 is 0 Å². The van der Waals surface area contributed by atoms with Crippen LogP contribution in [0.15, 0.2) is 18.2 Å². The third-order valence-corrected chi connectivity index (χ3v) is 2.49. The summed E-state index contributed by atoms with van der Waals surface area (Å²) < 4.78 is 0. The van der Waals surface area contributed by atoms with E-state index in [-0.39, 0.29) is 0 Å². The first-order valence-electron chi connectivity index (χ1n) is 6.15. The predicted molar refractivity (Wildman–Crippen MR) is 70.4 cm³/mol. The van der Waals surface area contributed by atoms with Crippen molar-refractivity contribution in [3.8, 4) is 0 Å². The maximum Gasteiger partial charge on any atom is -0.0274 e. The minimum absolute atomic E-state index is 0.806.